The average Bonchev–Trinajstić information content (AvgIpc) is 2.45. The van der Waals surface area contributed by atoms with E-state index in [1.807, 2.05) is 0 Å². The minimum absolute atomic E-state index is 0.191. The molecule has 116 valence electrons. The number of hydrogen-bond acceptors (Lipinski definition) is 4. The molecule has 1 aromatic rings. The zero-order valence-corrected chi connectivity index (χ0v) is 12.9. The first-order valence-corrected chi connectivity index (χ1v) is 8.43. The second-order valence-electron chi connectivity index (χ2n) is 5.26. The fraction of sp³-hybridized carbons (Fsp3) is 0.500. The van der Waals surface area contributed by atoms with Crippen LogP contribution in [0.4, 0.5) is 0 Å². The van der Waals surface area contributed by atoms with Crippen molar-refractivity contribution in [1.82, 2.24) is 9.62 Å². The molecule has 0 bridgehead atoms. The van der Waals surface area contributed by atoms with E-state index >= 15 is 0 Å². The third-order valence-corrected chi connectivity index (χ3v) is 5.77. The number of aryl methyl sites for hydroxylation is 1. The third-order valence-electron chi connectivity index (χ3n) is 3.71. The fourth-order valence-corrected chi connectivity index (χ4v) is 4.51. The van der Waals surface area contributed by atoms with Gasteiger partial charge in [0, 0.05) is 6.04 Å². The van der Waals surface area contributed by atoms with Crippen LogP contribution in [-0.4, -0.2) is 44.3 Å². The highest BCUT2D eigenvalue weighted by atomic mass is 32.2. The van der Waals surface area contributed by atoms with Crippen LogP contribution in [0.25, 0.3) is 0 Å². The van der Waals surface area contributed by atoms with Crippen LogP contribution in [0.3, 0.4) is 0 Å². The van der Waals surface area contributed by atoms with Gasteiger partial charge in [0.2, 0.25) is 15.9 Å². The Labute approximate surface area is 125 Å². The second-order valence-corrected chi connectivity index (χ2v) is 7.12. The van der Waals surface area contributed by atoms with Gasteiger partial charge in [-0.25, -0.2) is 8.42 Å². The van der Waals surface area contributed by atoms with E-state index in [-0.39, 0.29) is 17.5 Å². The monoisotopic (exact) mass is 311 g/mol. The molecule has 0 atom stereocenters. The van der Waals surface area contributed by atoms with Crippen molar-refractivity contribution in [2.24, 2.45) is 5.73 Å². The molecule has 0 unspecified atom stereocenters. The summed E-state index contributed by atoms with van der Waals surface area (Å²) in [5.41, 5.74) is 5.92. The van der Waals surface area contributed by atoms with E-state index in [1.165, 1.54) is 4.31 Å². The molecule has 0 aliphatic carbocycles. The Balaban J connectivity index is 2.39. The number of benzene rings is 1. The van der Waals surface area contributed by atoms with Crippen LogP contribution in [0, 0.1) is 6.92 Å². The van der Waals surface area contributed by atoms with E-state index < -0.39 is 15.9 Å². The minimum atomic E-state index is -3.72. The van der Waals surface area contributed by atoms with Gasteiger partial charge in [-0.2, -0.15) is 4.31 Å². The van der Waals surface area contributed by atoms with Gasteiger partial charge in [-0.15, -0.1) is 0 Å². The maximum Gasteiger partial charge on any atom is 0.244 e. The first-order valence-electron chi connectivity index (χ1n) is 6.99. The standard InChI is InChI=1S/C14H21N3O3S/c1-11-4-2-3-5-13(11)21(19,20)17(10-14(15)18)12-6-8-16-9-7-12/h2-5,12,16H,6-10H2,1H3,(H2,15,18). The number of rotatable bonds is 5. The molecule has 1 heterocycles. The number of nitrogens with zero attached hydrogens (tertiary/aromatic N) is 1. The molecule has 1 amide bonds. The van der Waals surface area contributed by atoms with E-state index in [2.05, 4.69) is 5.32 Å². The van der Waals surface area contributed by atoms with Gasteiger partial charge < -0.3 is 11.1 Å². The molecular formula is C14H21N3O3S. The van der Waals surface area contributed by atoms with E-state index in [1.54, 1.807) is 31.2 Å². The first-order chi connectivity index (χ1) is 9.93. The number of hydrogen-bond donors (Lipinski definition) is 2. The molecule has 1 aliphatic heterocycles. The Morgan fingerprint density at radius 3 is 2.52 bits per heavy atom. The highest BCUT2D eigenvalue weighted by Crippen LogP contribution is 2.24. The summed E-state index contributed by atoms with van der Waals surface area (Å²) < 4.78 is 27.0. The summed E-state index contributed by atoms with van der Waals surface area (Å²) >= 11 is 0. The quantitative estimate of drug-likeness (QED) is 0.814. The highest BCUT2D eigenvalue weighted by molar-refractivity contribution is 7.89. The van der Waals surface area contributed by atoms with E-state index in [0.717, 1.165) is 13.1 Å². The van der Waals surface area contributed by atoms with Crippen molar-refractivity contribution in [3.8, 4) is 0 Å². The molecule has 2 rings (SSSR count). The third kappa shape index (κ3) is 3.61. The second kappa shape index (κ2) is 6.55. The number of carbonyl (C=O) groups excluding carboxylic acids is 1. The van der Waals surface area contributed by atoms with Crippen molar-refractivity contribution < 1.29 is 13.2 Å². The lowest BCUT2D eigenvalue weighted by atomic mass is 10.1. The SMILES string of the molecule is Cc1ccccc1S(=O)(=O)N(CC(N)=O)C1CCNCC1. The Morgan fingerprint density at radius 2 is 1.95 bits per heavy atom. The molecule has 0 saturated carbocycles. The molecule has 0 spiro atoms. The summed E-state index contributed by atoms with van der Waals surface area (Å²) in [5.74, 6) is -0.634. The van der Waals surface area contributed by atoms with Gasteiger partial charge in [0.05, 0.1) is 11.4 Å². The zero-order valence-electron chi connectivity index (χ0n) is 12.1. The van der Waals surface area contributed by atoms with Gasteiger partial charge in [0.25, 0.3) is 0 Å². The Morgan fingerprint density at radius 1 is 1.33 bits per heavy atom. The largest absolute Gasteiger partial charge is 0.369 e. The lowest BCUT2D eigenvalue weighted by Gasteiger charge is -2.33. The number of carbonyl (C=O) groups is 1. The number of primary amides is 1. The Kier molecular flexibility index (Phi) is 4.97. The smallest absolute Gasteiger partial charge is 0.244 e. The van der Waals surface area contributed by atoms with Crippen LogP contribution in [-0.2, 0) is 14.8 Å². The number of sulfonamides is 1. The summed E-state index contributed by atoms with van der Waals surface area (Å²) in [6.07, 6.45) is 1.36. The van der Waals surface area contributed by atoms with Crippen molar-refractivity contribution in [3.05, 3.63) is 29.8 Å². The average molecular weight is 311 g/mol. The maximum absolute atomic E-state index is 12.9. The van der Waals surface area contributed by atoms with Crippen LogP contribution in [0.2, 0.25) is 0 Å². The van der Waals surface area contributed by atoms with Crippen molar-refractivity contribution >= 4 is 15.9 Å². The Bertz CT molecular complexity index is 610. The normalized spacial score (nSPS) is 17.0. The van der Waals surface area contributed by atoms with Crippen LogP contribution in [0.1, 0.15) is 18.4 Å². The predicted octanol–water partition coefficient (Wildman–Crippen LogP) is 0.223. The van der Waals surface area contributed by atoms with Crippen LogP contribution in [0.15, 0.2) is 29.2 Å². The van der Waals surface area contributed by atoms with Crippen molar-refractivity contribution in [3.63, 3.8) is 0 Å². The van der Waals surface area contributed by atoms with Crippen molar-refractivity contribution in [2.45, 2.75) is 30.7 Å². The number of nitrogens with two attached hydrogens (primary N) is 1. The molecular weight excluding hydrogens is 290 g/mol. The van der Waals surface area contributed by atoms with E-state index in [0.29, 0.717) is 18.4 Å². The lowest BCUT2D eigenvalue weighted by molar-refractivity contribution is -0.118. The molecule has 1 aromatic carbocycles. The van der Waals surface area contributed by atoms with E-state index in [4.69, 9.17) is 5.73 Å². The van der Waals surface area contributed by atoms with Crippen molar-refractivity contribution in [1.29, 1.82) is 0 Å². The molecule has 1 fully saturated rings. The van der Waals surface area contributed by atoms with Gasteiger partial charge >= 0.3 is 0 Å². The van der Waals surface area contributed by atoms with Crippen LogP contribution >= 0.6 is 0 Å². The van der Waals surface area contributed by atoms with Gasteiger partial charge in [-0.3, -0.25) is 4.79 Å². The zero-order chi connectivity index (χ0) is 15.5. The summed E-state index contributed by atoms with van der Waals surface area (Å²) in [4.78, 5) is 11.6. The van der Waals surface area contributed by atoms with Gasteiger partial charge in [0.1, 0.15) is 0 Å². The fourth-order valence-electron chi connectivity index (χ4n) is 2.63. The first kappa shape index (κ1) is 15.9. The molecule has 21 heavy (non-hydrogen) atoms. The van der Waals surface area contributed by atoms with Crippen LogP contribution in [0.5, 0.6) is 0 Å². The summed E-state index contributed by atoms with van der Waals surface area (Å²) in [7, 11) is -3.72. The number of amides is 1. The molecule has 0 radical (unpaired) electrons. The summed E-state index contributed by atoms with van der Waals surface area (Å²) in [6.45, 7) is 2.95. The van der Waals surface area contributed by atoms with Crippen molar-refractivity contribution in [2.75, 3.05) is 19.6 Å². The number of nitrogens with one attached hydrogen (secondary N) is 1. The predicted molar refractivity (Wildman–Crippen MR) is 80.2 cm³/mol. The summed E-state index contributed by atoms with van der Waals surface area (Å²) in [5, 5.41) is 3.19. The molecule has 1 aliphatic rings. The topological polar surface area (TPSA) is 92.5 Å². The van der Waals surface area contributed by atoms with Gasteiger partial charge in [0.15, 0.2) is 0 Å². The number of piperidine rings is 1. The van der Waals surface area contributed by atoms with Crippen LogP contribution < -0.4 is 11.1 Å². The highest BCUT2D eigenvalue weighted by Gasteiger charge is 2.34. The molecule has 6 nitrogen and oxygen atoms in total. The van der Waals surface area contributed by atoms with Gasteiger partial charge in [-0.1, -0.05) is 18.2 Å². The summed E-state index contributed by atoms with van der Waals surface area (Å²) in [6, 6.07) is 6.60. The van der Waals surface area contributed by atoms with Gasteiger partial charge in [-0.05, 0) is 44.5 Å². The molecule has 0 aromatic heterocycles. The molecule has 7 heteroatoms. The Hall–Kier alpha value is -1.44. The lowest BCUT2D eigenvalue weighted by Crippen LogP contribution is -2.49. The molecule has 3 N–H and O–H groups in total. The maximum atomic E-state index is 12.9. The van der Waals surface area contributed by atoms with E-state index in [9.17, 15) is 13.2 Å². The minimum Gasteiger partial charge on any atom is -0.369 e. The molecule has 1 saturated heterocycles.